The molecule has 0 aliphatic carbocycles. The van der Waals surface area contributed by atoms with Gasteiger partial charge in [0.1, 0.15) is 5.52 Å². The van der Waals surface area contributed by atoms with Gasteiger partial charge in [-0.1, -0.05) is 18.2 Å². The fourth-order valence-electron chi connectivity index (χ4n) is 2.27. The van der Waals surface area contributed by atoms with Crippen LogP contribution in [0.1, 0.15) is 6.42 Å². The Hall–Kier alpha value is -2.14. The number of benzene rings is 1. The number of carbonyl (C=O) groups is 1. The van der Waals surface area contributed by atoms with Gasteiger partial charge in [0.2, 0.25) is 0 Å². The second-order valence-corrected chi connectivity index (χ2v) is 4.69. The van der Waals surface area contributed by atoms with Gasteiger partial charge in [0.25, 0.3) is 0 Å². The minimum absolute atomic E-state index is 0.0539. The quantitative estimate of drug-likeness (QED) is 0.845. The normalized spacial score (nSPS) is 18.8. The summed E-state index contributed by atoms with van der Waals surface area (Å²) in [6, 6.07) is 9.38. The van der Waals surface area contributed by atoms with Crippen molar-refractivity contribution < 1.29 is 9.53 Å². The van der Waals surface area contributed by atoms with Crippen LogP contribution < -0.4 is 10.5 Å². The number of pyridine rings is 1. The number of nitrogens with zero attached hydrogens (tertiary/aromatic N) is 2. The number of hydrogen-bond donors (Lipinski definition) is 1. The zero-order chi connectivity index (χ0) is 13.2. The zero-order valence-electron chi connectivity index (χ0n) is 10.5. The van der Waals surface area contributed by atoms with Crippen molar-refractivity contribution in [1.29, 1.82) is 0 Å². The van der Waals surface area contributed by atoms with Crippen LogP contribution in [0.5, 0.6) is 5.75 Å². The van der Waals surface area contributed by atoms with E-state index >= 15 is 0 Å². The Morgan fingerprint density at radius 1 is 1.37 bits per heavy atom. The largest absolute Gasteiger partial charge is 0.415 e. The Labute approximate surface area is 111 Å². The molecule has 5 nitrogen and oxygen atoms in total. The molecule has 2 N–H and O–H groups in total. The molecule has 98 valence electrons. The molecule has 3 rings (SSSR count). The number of rotatable bonds is 1. The highest BCUT2D eigenvalue weighted by atomic mass is 16.6. The third-order valence-electron chi connectivity index (χ3n) is 3.28. The number of hydrogen-bond acceptors (Lipinski definition) is 4. The SMILES string of the molecule is N[C@@H]1CCN(C(=O)Oc2cccc3cccnc23)C1. The fraction of sp³-hybridized carbons (Fsp3) is 0.286. The van der Waals surface area contributed by atoms with E-state index in [-0.39, 0.29) is 12.1 Å². The average molecular weight is 257 g/mol. The first-order chi connectivity index (χ1) is 9.24. The molecule has 2 heterocycles. The Morgan fingerprint density at radius 2 is 2.21 bits per heavy atom. The molecule has 1 fully saturated rings. The predicted molar refractivity (Wildman–Crippen MR) is 71.9 cm³/mol. The lowest BCUT2D eigenvalue weighted by molar-refractivity contribution is 0.162. The molecule has 0 unspecified atom stereocenters. The molecule has 1 aromatic heterocycles. The molecular formula is C14H15N3O2. The Bertz CT molecular complexity index is 609. The maximum absolute atomic E-state index is 12.0. The van der Waals surface area contributed by atoms with Crippen LogP contribution in [-0.4, -0.2) is 35.1 Å². The van der Waals surface area contributed by atoms with Gasteiger partial charge < -0.3 is 15.4 Å². The minimum Gasteiger partial charge on any atom is -0.408 e. The lowest BCUT2D eigenvalue weighted by Crippen LogP contribution is -2.34. The first kappa shape index (κ1) is 11.9. The molecule has 1 amide bonds. The van der Waals surface area contributed by atoms with Gasteiger partial charge in [0.15, 0.2) is 5.75 Å². The summed E-state index contributed by atoms with van der Waals surface area (Å²) >= 11 is 0. The molecule has 1 atom stereocenters. The number of ether oxygens (including phenoxy) is 1. The Balaban J connectivity index is 1.83. The molecule has 2 aromatic rings. The molecule has 19 heavy (non-hydrogen) atoms. The number of para-hydroxylation sites is 1. The second-order valence-electron chi connectivity index (χ2n) is 4.69. The first-order valence-corrected chi connectivity index (χ1v) is 6.30. The van der Waals surface area contributed by atoms with E-state index < -0.39 is 0 Å². The molecule has 0 bridgehead atoms. The van der Waals surface area contributed by atoms with E-state index in [0.29, 0.717) is 24.4 Å². The van der Waals surface area contributed by atoms with E-state index in [4.69, 9.17) is 10.5 Å². The van der Waals surface area contributed by atoms with Crippen molar-refractivity contribution >= 4 is 17.0 Å². The number of likely N-dealkylation sites (tertiary alicyclic amines) is 1. The molecule has 0 spiro atoms. The topological polar surface area (TPSA) is 68.5 Å². The van der Waals surface area contributed by atoms with Crippen LogP contribution in [0.4, 0.5) is 4.79 Å². The van der Waals surface area contributed by atoms with E-state index in [1.807, 2.05) is 24.3 Å². The Morgan fingerprint density at radius 3 is 3.00 bits per heavy atom. The van der Waals surface area contributed by atoms with Crippen LogP contribution in [0.2, 0.25) is 0 Å². The molecule has 0 radical (unpaired) electrons. The molecule has 1 aliphatic heterocycles. The van der Waals surface area contributed by atoms with E-state index in [1.165, 1.54) is 0 Å². The van der Waals surface area contributed by atoms with E-state index in [1.54, 1.807) is 17.2 Å². The van der Waals surface area contributed by atoms with Crippen molar-refractivity contribution in [1.82, 2.24) is 9.88 Å². The molecular weight excluding hydrogens is 242 g/mol. The van der Waals surface area contributed by atoms with Gasteiger partial charge in [-0.05, 0) is 18.6 Å². The third kappa shape index (κ3) is 2.37. The smallest absolute Gasteiger partial charge is 0.408 e. The van der Waals surface area contributed by atoms with Crippen LogP contribution in [0.3, 0.4) is 0 Å². The summed E-state index contributed by atoms with van der Waals surface area (Å²) in [6.07, 6.45) is 2.15. The van der Waals surface area contributed by atoms with Crippen molar-refractivity contribution in [3.63, 3.8) is 0 Å². The highest BCUT2D eigenvalue weighted by Gasteiger charge is 2.25. The van der Waals surface area contributed by atoms with Crippen LogP contribution in [0, 0.1) is 0 Å². The number of nitrogens with two attached hydrogens (primary N) is 1. The second kappa shape index (κ2) is 4.85. The van der Waals surface area contributed by atoms with Crippen molar-refractivity contribution in [3.8, 4) is 5.75 Å². The van der Waals surface area contributed by atoms with Gasteiger partial charge in [0, 0.05) is 30.7 Å². The number of fused-ring (bicyclic) bond motifs is 1. The molecule has 1 aromatic carbocycles. The summed E-state index contributed by atoms with van der Waals surface area (Å²) in [6.45, 7) is 1.20. The highest BCUT2D eigenvalue weighted by molar-refractivity contribution is 5.86. The fourth-order valence-corrected chi connectivity index (χ4v) is 2.27. The van der Waals surface area contributed by atoms with Crippen molar-refractivity contribution in [2.24, 2.45) is 5.73 Å². The summed E-state index contributed by atoms with van der Waals surface area (Å²) in [5.41, 5.74) is 6.48. The van der Waals surface area contributed by atoms with Crippen molar-refractivity contribution in [2.75, 3.05) is 13.1 Å². The van der Waals surface area contributed by atoms with E-state index in [2.05, 4.69) is 4.98 Å². The van der Waals surface area contributed by atoms with Gasteiger partial charge in [-0.3, -0.25) is 4.98 Å². The van der Waals surface area contributed by atoms with Crippen LogP contribution >= 0.6 is 0 Å². The molecule has 1 saturated heterocycles. The van der Waals surface area contributed by atoms with Gasteiger partial charge in [-0.2, -0.15) is 0 Å². The van der Waals surface area contributed by atoms with E-state index in [0.717, 1.165) is 11.8 Å². The maximum Gasteiger partial charge on any atom is 0.415 e. The lowest BCUT2D eigenvalue weighted by atomic mass is 10.2. The first-order valence-electron chi connectivity index (χ1n) is 6.30. The summed E-state index contributed by atoms with van der Waals surface area (Å²) in [5, 5.41) is 0.950. The van der Waals surface area contributed by atoms with Crippen molar-refractivity contribution in [3.05, 3.63) is 36.5 Å². The van der Waals surface area contributed by atoms with Gasteiger partial charge in [0.05, 0.1) is 0 Å². The molecule has 5 heteroatoms. The summed E-state index contributed by atoms with van der Waals surface area (Å²) < 4.78 is 5.43. The Kier molecular flexibility index (Phi) is 3.05. The third-order valence-corrected chi connectivity index (χ3v) is 3.28. The maximum atomic E-state index is 12.0. The van der Waals surface area contributed by atoms with Crippen LogP contribution in [-0.2, 0) is 0 Å². The standard InChI is InChI=1S/C14H15N3O2/c15-11-6-8-17(9-11)14(18)19-12-5-1-3-10-4-2-7-16-13(10)12/h1-5,7,11H,6,8-9,15H2/t11-/m1/s1. The summed E-state index contributed by atoms with van der Waals surface area (Å²) in [4.78, 5) is 17.9. The van der Waals surface area contributed by atoms with Crippen LogP contribution in [0.25, 0.3) is 10.9 Å². The van der Waals surface area contributed by atoms with Crippen molar-refractivity contribution in [2.45, 2.75) is 12.5 Å². The minimum atomic E-state index is -0.355. The highest BCUT2D eigenvalue weighted by Crippen LogP contribution is 2.24. The molecule has 0 saturated carbocycles. The summed E-state index contributed by atoms with van der Waals surface area (Å²) in [7, 11) is 0. The van der Waals surface area contributed by atoms with E-state index in [9.17, 15) is 4.79 Å². The lowest BCUT2D eigenvalue weighted by Gasteiger charge is -2.15. The predicted octanol–water partition coefficient (Wildman–Crippen LogP) is 1.77. The summed E-state index contributed by atoms with van der Waals surface area (Å²) in [5.74, 6) is 0.489. The van der Waals surface area contributed by atoms with Gasteiger partial charge >= 0.3 is 6.09 Å². The number of amides is 1. The molecule has 1 aliphatic rings. The van der Waals surface area contributed by atoms with Gasteiger partial charge in [-0.25, -0.2) is 4.79 Å². The van der Waals surface area contributed by atoms with Gasteiger partial charge in [-0.15, -0.1) is 0 Å². The monoisotopic (exact) mass is 257 g/mol. The zero-order valence-corrected chi connectivity index (χ0v) is 10.5. The number of aromatic nitrogens is 1. The average Bonchev–Trinajstić information content (AvgIpc) is 2.86. The van der Waals surface area contributed by atoms with Crippen LogP contribution in [0.15, 0.2) is 36.5 Å². The number of carbonyl (C=O) groups excluding carboxylic acids is 1.